The molecule has 0 unspecified atom stereocenters. The van der Waals surface area contributed by atoms with Gasteiger partial charge in [0.25, 0.3) is 11.6 Å². The lowest BCUT2D eigenvalue weighted by Gasteiger charge is -2.10. The molecule has 0 fully saturated rings. The Morgan fingerprint density at radius 1 is 1.22 bits per heavy atom. The molecule has 0 aliphatic carbocycles. The quantitative estimate of drug-likeness (QED) is 0.608. The van der Waals surface area contributed by atoms with E-state index in [1.807, 2.05) is 0 Å². The molecular formula is C15H12ClFN2O3S. The average molecular weight is 355 g/mol. The first kappa shape index (κ1) is 17.2. The number of rotatable bonds is 4. The second-order valence-electron chi connectivity index (χ2n) is 4.79. The number of nitro benzene ring substituents is 1. The summed E-state index contributed by atoms with van der Waals surface area (Å²) in [6, 6.07) is 9.10. The van der Waals surface area contributed by atoms with Gasteiger partial charge in [-0.05, 0) is 30.3 Å². The van der Waals surface area contributed by atoms with E-state index in [1.165, 1.54) is 11.0 Å². The molecule has 0 aromatic heterocycles. The number of hydrogen-bond acceptors (Lipinski definition) is 4. The van der Waals surface area contributed by atoms with Crippen LogP contribution in [-0.4, -0.2) is 29.8 Å². The van der Waals surface area contributed by atoms with Gasteiger partial charge in [0.05, 0.1) is 9.82 Å². The summed E-state index contributed by atoms with van der Waals surface area (Å²) in [7, 11) is 3.30. The van der Waals surface area contributed by atoms with Crippen LogP contribution in [0.4, 0.5) is 10.1 Å². The normalized spacial score (nSPS) is 10.4. The maximum Gasteiger partial charge on any atom is 0.290 e. The van der Waals surface area contributed by atoms with E-state index in [1.54, 1.807) is 38.4 Å². The first-order valence-electron chi connectivity index (χ1n) is 6.43. The van der Waals surface area contributed by atoms with Gasteiger partial charge in [-0.25, -0.2) is 4.39 Å². The van der Waals surface area contributed by atoms with Gasteiger partial charge in [0.1, 0.15) is 0 Å². The number of hydrogen-bond donors (Lipinski definition) is 0. The summed E-state index contributed by atoms with van der Waals surface area (Å²) in [6.07, 6.45) is 0. The lowest BCUT2D eigenvalue weighted by atomic mass is 10.2. The van der Waals surface area contributed by atoms with Crippen molar-refractivity contribution in [1.29, 1.82) is 0 Å². The summed E-state index contributed by atoms with van der Waals surface area (Å²) in [5, 5.41) is 10.2. The third-order valence-electron chi connectivity index (χ3n) is 2.96. The lowest BCUT2D eigenvalue weighted by Crippen LogP contribution is -2.21. The molecular weight excluding hydrogens is 343 g/mol. The van der Waals surface area contributed by atoms with Crippen LogP contribution in [0.2, 0.25) is 5.02 Å². The molecule has 0 heterocycles. The Kier molecular flexibility index (Phi) is 5.23. The Labute approximate surface area is 141 Å². The topological polar surface area (TPSA) is 63.5 Å². The van der Waals surface area contributed by atoms with Crippen LogP contribution in [0.15, 0.2) is 46.2 Å². The smallest absolute Gasteiger partial charge is 0.290 e. The maximum atomic E-state index is 14.1. The number of benzene rings is 2. The largest absolute Gasteiger partial charge is 0.345 e. The molecule has 0 bridgehead atoms. The summed E-state index contributed by atoms with van der Waals surface area (Å²) in [4.78, 5) is 24.1. The van der Waals surface area contributed by atoms with Crippen molar-refractivity contribution in [1.82, 2.24) is 4.90 Å². The van der Waals surface area contributed by atoms with Crippen LogP contribution in [0.5, 0.6) is 0 Å². The SMILES string of the molecule is CN(C)C(=O)c1ccc(Sc2ccc([N+](=O)[O-])c(Cl)c2F)cc1. The Morgan fingerprint density at radius 2 is 1.83 bits per heavy atom. The van der Waals surface area contributed by atoms with Crippen molar-refractivity contribution in [3.8, 4) is 0 Å². The first-order valence-corrected chi connectivity index (χ1v) is 7.62. The summed E-state index contributed by atoms with van der Waals surface area (Å²) in [5.74, 6) is -0.967. The lowest BCUT2D eigenvalue weighted by molar-refractivity contribution is -0.384. The standard InChI is InChI=1S/C15H12ClFN2O3S/c1-18(2)15(20)9-3-5-10(6-4-9)23-12-8-7-11(19(21)22)13(16)14(12)17/h3-8H,1-2H3. The van der Waals surface area contributed by atoms with Gasteiger partial charge in [-0.15, -0.1) is 0 Å². The molecule has 0 atom stereocenters. The molecule has 0 spiro atoms. The van der Waals surface area contributed by atoms with Crippen LogP contribution >= 0.6 is 23.4 Å². The summed E-state index contributed by atoms with van der Waals surface area (Å²) in [5.41, 5.74) is 0.0435. The van der Waals surface area contributed by atoms with Crippen LogP contribution in [0, 0.1) is 15.9 Å². The van der Waals surface area contributed by atoms with E-state index in [0.717, 1.165) is 17.8 Å². The molecule has 120 valence electrons. The number of carbonyl (C=O) groups excluding carboxylic acids is 1. The Balaban J connectivity index is 2.25. The highest BCUT2D eigenvalue weighted by molar-refractivity contribution is 7.99. The van der Waals surface area contributed by atoms with Crippen LogP contribution in [-0.2, 0) is 0 Å². The van der Waals surface area contributed by atoms with Crippen molar-refractivity contribution in [2.45, 2.75) is 9.79 Å². The van der Waals surface area contributed by atoms with Crippen LogP contribution in [0.25, 0.3) is 0 Å². The molecule has 1 amide bonds. The van der Waals surface area contributed by atoms with Crippen molar-refractivity contribution in [3.05, 3.63) is 62.9 Å². The van der Waals surface area contributed by atoms with Gasteiger partial charge < -0.3 is 4.90 Å². The minimum Gasteiger partial charge on any atom is -0.345 e. The fourth-order valence-corrected chi connectivity index (χ4v) is 2.94. The Bertz CT molecular complexity index is 766. The van der Waals surface area contributed by atoms with Gasteiger partial charge in [0, 0.05) is 30.6 Å². The van der Waals surface area contributed by atoms with Gasteiger partial charge in [0.15, 0.2) is 10.8 Å². The van der Waals surface area contributed by atoms with Gasteiger partial charge >= 0.3 is 0 Å². The van der Waals surface area contributed by atoms with Gasteiger partial charge in [0.2, 0.25) is 0 Å². The molecule has 0 saturated carbocycles. The zero-order chi connectivity index (χ0) is 17.1. The zero-order valence-electron chi connectivity index (χ0n) is 12.2. The molecule has 0 radical (unpaired) electrons. The molecule has 0 aliphatic rings. The monoisotopic (exact) mass is 354 g/mol. The number of nitrogens with zero attached hydrogens (tertiary/aromatic N) is 2. The third kappa shape index (κ3) is 3.80. The maximum absolute atomic E-state index is 14.1. The minimum absolute atomic E-state index is 0.133. The molecule has 2 aromatic carbocycles. The highest BCUT2D eigenvalue weighted by atomic mass is 35.5. The van der Waals surface area contributed by atoms with Gasteiger partial charge in [-0.3, -0.25) is 14.9 Å². The highest BCUT2D eigenvalue weighted by Crippen LogP contribution is 2.37. The predicted molar refractivity (Wildman–Crippen MR) is 86.6 cm³/mol. The van der Waals surface area contributed by atoms with E-state index in [0.29, 0.717) is 10.5 Å². The summed E-state index contributed by atoms with van der Waals surface area (Å²) < 4.78 is 14.1. The second kappa shape index (κ2) is 6.97. The third-order valence-corrected chi connectivity index (χ3v) is 4.36. The first-order chi connectivity index (χ1) is 10.8. The zero-order valence-corrected chi connectivity index (χ0v) is 13.8. The van der Waals surface area contributed by atoms with Gasteiger partial charge in [-0.2, -0.15) is 0 Å². The second-order valence-corrected chi connectivity index (χ2v) is 6.29. The van der Waals surface area contributed by atoms with Crippen molar-refractivity contribution in [2.75, 3.05) is 14.1 Å². The van der Waals surface area contributed by atoms with Crippen molar-refractivity contribution >= 4 is 35.0 Å². The van der Waals surface area contributed by atoms with Crippen LogP contribution in [0.3, 0.4) is 0 Å². The van der Waals surface area contributed by atoms with E-state index in [9.17, 15) is 19.3 Å². The van der Waals surface area contributed by atoms with Crippen LogP contribution < -0.4 is 0 Å². The predicted octanol–water partition coefficient (Wildman–Crippen LogP) is 4.24. The Morgan fingerprint density at radius 3 is 2.35 bits per heavy atom. The molecule has 2 aromatic rings. The fourth-order valence-electron chi connectivity index (χ4n) is 1.79. The summed E-state index contributed by atoms with van der Waals surface area (Å²) >= 11 is 6.75. The van der Waals surface area contributed by atoms with Gasteiger partial charge in [-0.1, -0.05) is 23.4 Å². The van der Waals surface area contributed by atoms with Crippen molar-refractivity contribution in [2.24, 2.45) is 0 Å². The van der Waals surface area contributed by atoms with Crippen molar-refractivity contribution < 1.29 is 14.1 Å². The molecule has 5 nitrogen and oxygen atoms in total. The number of amides is 1. The van der Waals surface area contributed by atoms with E-state index in [2.05, 4.69) is 0 Å². The number of carbonyl (C=O) groups is 1. The van der Waals surface area contributed by atoms with E-state index >= 15 is 0 Å². The number of nitro groups is 1. The van der Waals surface area contributed by atoms with Crippen molar-refractivity contribution in [3.63, 3.8) is 0 Å². The molecule has 23 heavy (non-hydrogen) atoms. The molecule has 0 saturated heterocycles. The fraction of sp³-hybridized carbons (Fsp3) is 0.133. The molecule has 0 N–H and O–H groups in total. The van der Waals surface area contributed by atoms with Crippen LogP contribution in [0.1, 0.15) is 10.4 Å². The molecule has 8 heteroatoms. The molecule has 2 rings (SSSR count). The molecule has 0 aliphatic heterocycles. The highest BCUT2D eigenvalue weighted by Gasteiger charge is 2.20. The summed E-state index contributed by atoms with van der Waals surface area (Å²) in [6.45, 7) is 0. The minimum atomic E-state index is -0.834. The van der Waals surface area contributed by atoms with E-state index in [4.69, 9.17) is 11.6 Å². The van der Waals surface area contributed by atoms with E-state index < -0.39 is 21.5 Å². The average Bonchev–Trinajstić information content (AvgIpc) is 2.51. The number of halogens is 2. The van der Waals surface area contributed by atoms with E-state index in [-0.39, 0.29) is 10.8 Å². The Hall–Kier alpha value is -2.12.